The number of ether oxygens (including phenoxy) is 1. The summed E-state index contributed by atoms with van der Waals surface area (Å²) >= 11 is 0. The fraction of sp³-hybridized carbons (Fsp3) is 0.583. The van der Waals surface area contributed by atoms with Crippen molar-refractivity contribution in [3.63, 3.8) is 0 Å². The summed E-state index contributed by atoms with van der Waals surface area (Å²) in [6.07, 6.45) is 0. The minimum absolute atomic E-state index is 0.267. The molecule has 1 aromatic heterocycles. The highest BCUT2D eigenvalue weighted by Gasteiger charge is 2.52. The average Bonchev–Trinajstić information content (AvgIpc) is 2.57. The van der Waals surface area contributed by atoms with E-state index in [2.05, 4.69) is 9.72 Å². The van der Waals surface area contributed by atoms with Crippen LogP contribution in [0.4, 0.5) is 4.39 Å². The van der Waals surface area contributed by atoms with E-state index >= 15 is 0 Å². The van der Waals surface area contributed by atoms with Gasteiger partial charge in [-0.25, -0.2) is 4.98 Å². The van der Waals surface area contributed by atoms with Crippen LogP contribution in [0.2, 0.25) is 0 Å². The number of pyridine rings is 1. The Morgan fingerprint density at radius 2 is 1.94 bits per heavy atom. The van der Waals surface area contributed by atoms with Gasteiger partial charge in [-0.3, -0.25) is 0 Å². The fourth-order valence-electron chi connectivity index (χ4n) is 1.52. The molecule has 1 saturated heterocycles. The third-order valence-corrected chi connectivity index (χ3v) is 3.26. The van der Waals surface area contributed by atoms with E-state index in [1.165, 1.54) is 0 Å². The third kappa shape index (κ3) is 2.22. The van der Waals surface area contributed by atoms with Crippen molar-refractivity contribution >= 4 is 12.7 Å². The second kappa shape index (κ2) is 4.21. The Morgan fingerprint density at radius 3 is 2.50 bits per heavy atom. The van der Waals surface area contributed by atoms with Crippen LogP contribution in [-0.2, 0) is 9.31 Å². The quantitative estimate of drug-likeness (QED) is 0.595. The van der Waals surface area contributed by atoms with E-state index in [1.54, 1.807) is 27.7 Å². The Bertz CT molecular complexity index is 622. The third-order valence-electron chi connectivity index (χ3n) is 3.26. The molecule has 0 saturated carbocycles. The van der Waals surface area contributed by atoms with E-state index < -0.39 is 49.1 Å². The van der Waals surface area contributed by atoms with Gasteiger partial charge in [0.05, 0.1) is 30.7 Å². The van der Waals surface area contributed by atoms with Crippen molar-refractivity contribution < 1.29 is 25.3 Å². The molecule has 0 amide bonds. The van der Waals surface area contributed by atoms with Gasteiger partial charge in [-0.1, -0.05) is 0 Å². The van der Waals surface area contributed by atoms with Gasteiger partial charge in [0, 0.05) is 6.04 Å². The molecule has 18 heavy (non-hydrogen) atoms. The number of aromatic nitrogens is 1. The van der Waals surface area contributed by atoms with Gasteiger partial charge < -0.3 is 14.0 Å². The van der Waals surface area contributed by atoms with Crippen molar-refractivity contribution in [2.45, 2.75) is 38.9 Å². The van der Waals surface area contributed by atoms with E-state index in [-0.39, 0.29) is 5.59 Å². The number of methoxy groups -OCH3 is 1. The zero-order chi connectivity index (χ0) is 17.8. The minimum Gasteiger partial charge on any atom is -0.497 e. The first-order valence-corrected chi connectivity index (χ1v) is 5.46. The fourth-order valence-corrected chi connectivity index (χ4v) is 1.52. The lowest BCUT2D eigenvalue weighted by Gasteiger charge is -2.32. The summed E-state index contributed by atoms with van der Waals surface area (Å²) in [5.41, 5.74) is -1.75. The van der Waals surface area contributed by atoms with Crippen LogP contribution in [-0.4, -0.2) is 30.3 Å². The lowest BCUT2D eigenvalue weighted by atomic mass is 9.84. The number of rotatable bonds is 2. The second-order valence-corrected chi connectivity index (χ2v) is 5.06. The molecule has 0 aromatic carbocycles. The topological polar surface area (TPSA) is 40.6 Å². The summed E-state index contributed by atoms with van der Waals surface area (Å²) < 4.78 is 66.6. The summed E-state index contributed by atoms with van der Waals surface area (Å²) in [6.45, 7) is 7.08. The van der Waals surface area contributed by atoms with Gasteiger partial charge in [-0.05, 0) is 33.7 Å². The van der Waals surface area contributed by atoms with Crippen LogP contribution in [0.3, 0.4) is 0 Å². The largest absolute Gasteiger partial charge is 0.514 e. The lowest BCUT2D eigenvalue weighted by molar-refractivity contribution is 0.00578. The maximum atomic E-state index is 13.9. The van der Waals surface area contributed by atoms with Gasteiger partial charge in [-0.2, -0.15) is 4.39 Å². The molecule has 2 rings (SSSR count). The van der Waals surface area contributed by atoms with Crippen LogP contribution < -0.4 is 10.3 Å². The van der Waals surface area contributed by atoms with E-state index in [0.29, 0.717) is 0 Å². The Balaban J connectivity index is 2.49. The Morgan fingerprint density at radius 1 is 1.33 bits per heavy atom. The van der Waals surface area contributed by atoms with Crippen LogP contribution in [0, 0.1) is 5.95 Å². The summed E-state index contributed by atoms with van der Waals surface area (Å²) in [5, 5.41) is 0. The molecule has 6 heteroatoms. The average molecular weight is 258 g/mol. The molecule has 1 aliphatic heterocycles. The van der Waals surface area contributed by atoms with E-state index in [9.17, 15) is 4.39 Å². The molecule has 0 aliphatic carbocycles. The van der Waals surface area contributed by atoms with Gasteiger partial charge in [0.25, 0.3) is 0 Å². The van der Waals surface area contributed by atoms with Crippen molar-refractivity contribution in [2.75, 3.05) is 7.04 Å². The van der Waals surface area contributed by atoms with Crippen LogP contribution in [0.1, 0.15) is 34.5 Å². The Kier molecular flexibility index (Phi) is 1.90. The molecule has 1 fully saturated rings. The first-order valence-electron chi connectivity index (χ1n) is 7.96. The predicted octanol–water partition coefficient (Wildman–Crippen LogP) is 1.53. The van der Waals surface area contributed by atoms with Crippen LogP contribution >= 0.6 is 0 Å². The summed E-state index contributed by atoms with van der Waals surface area (Å²) in [5.74, 6) is -1.98. The molecule has 98 valence electrons. The summed E-state index contributed by atoms with van der Waals surface area (Å²) in [7, 11) is -4.09. The van der Waals surface area contributed by atoms with Crippen molar-refractivity contribution in [1.82, 2.24) is 4.98 Å². The number of halogens is 1. The highest BCUT2D eigenvalue weighted by molar-refractivity contribution is 6.61. The summed E-state index contributed by atoms with van der Waals surface area (Å²) in [4.78, 5) is 3.52. The van der Waals surface area contributed by atoms with Gasteiger partial charge in [-0.15, -0.1) is 0 Å². The minimum atomic E-state index is -2.92. The standard InChI is InChI=1S/C12H17BFNO3/c1-11(2)12(3,4)18-13(17-11)9-6-8(16-5)7-10(14)15-9/h6-7H,1-5H3/i5D3,6D,7D. The first kappa shape index (κ1) is 8.12. The van der Waals surface area contributed by atoms with Crippen molar-refractivity contribution in [3.8, 4) is 5.75 Å². The maximum Gasteiger partial charge on any atom is 0.514 e. The highest BCUT2D eigenvalue weighted by atomic mass is 19.1. The Hall–Kier alpha value is -1.14. The zero-order valence-electron chi connectivity index (χ0n) is 15.6. The van der Waals surface area contributed by atoms with Gasteiger partial charge in [0.15, 0.2) is 0 Å². The van der Waals surface area contributed by atoms with Crippen LogP contribution in [0.5, 0.6) is 5.75 Å². The van der Waals surface area contributed by atoms with Gasteiger partial charge in [0.2, 0.25) is 5.95 Å². The molecule has 2 heterocycles. The van der Waals surface area contributed by atoms with Crippen LogP contribution in [0.25, 0.3) is 0 Å². The van der Waals surface area contributed by atoms with E-state index in [1.807, 2.05) is 0 Å². The van der Waals surface area contributed by atoms with Crippen molar-refractivity contribution in [1.29, 1.82) is 0 Å². The first-order chi connectivity index (χ1) is 10.3. The van der Waals surface area contributed by atoms with Crippen molar-refractivity contribution in [2.24, 2.45) is 0 Å². The molecular formula is C12H17BFNO3. The lowest BCUT2D eigenvalue weighted by Crippen LogP contribution is -2.41. The normalized spacial score (nSPS) is 25.8. The highest BCUT2D eigenvalue weighted by Crippen LogP contribution is 2.36. The van der Waals surface area contributed by atoms with E-state index in [4.69, 9.17) is 16.2 Å². The predicted molar refractivity (Wildman–Crippen MR) is 66.5 cm³/mol. The summed E-state index contributed by atoms with van der Waals surface area (Å²) in [6, 6.07) is -1.45. The molecule has 0 atom stereocenters. The molecule has 0 spiro atoms. The number of nitrogens with zero attached hydrogens (tertiary/aromatic N) is 1. The molecule has 4 nitrogen and oxygen atoms in total. The molecule has 0 bridgehead atoms. The SMILES string of the molecule is [2H]c1c(F)nc(B2OC(C)(C)C(C)(C)O2)c([2H])c1OC([2H])([2H])[2H]. The number of hydrogen-bond donors (Lipinski definition) is 0. The van der Waals surface area contributed by atoms with Gasteiger partial charge in [0.1, 0.15) is 5.75 Å². The van der Waals surface area contributed by atoms with E-state index in [0.717, 1.165) is 0 Å². The van der Waals surface area contributed by atoms with Crippen molar-refractivity contribution in [3.05, 3.63) is 18.0 Å². The smallest absolute Gasteiger partial charge is 0.497 e. The molecular weight excluding hydrogens is 236 g/mol. The molecule has 0 unspecified atom stereocenters. The number of hydrogen-bond acceptors (Lipinski definition) is 4. The molecule has 1 aromatic rings. The molecule has 1 aliphatic rings. The second-order valence-electron chi connectivity index (χ2n) is 5.06. The van der Waals surface area contributed by atoms with Gasteiger partial charge >= 0.3 is 7.12 Å². The zero-order valence-corrected chi connectivity index (χ0v) is 10.6. The maximum absolute atomic E-state index is 13.9. The van der Waals surface area contributed by atoms with Crippen LogP contribution in [0.15, 0.2) is 12.1 Å². The molecule has 0 N–H and O–H groups in total. The molecule has 0 radical (unpaired) electrons. The Labute approximate surface area is 114 Å². The monoisotopic (exact) mass is 258 g/mol.